The molecule has 0 aromatic rings. The molecule has 45 heavy (non-hydrogen) atoms. The number of carbonyl (C=O) groups is 4. The molecule has 0 heterocycles. The molecule has 0 aliphatic carbocycles. The van der Waals surface area contributed by atoms with Crippen LogP contribution in [0.25, 0.3) is 0 Å². The van der Waals surface area contributed by atoms with Crippen molar-refractivity contribution in [1.82, 2.24) is 0 Å². The molecule has 0 saturated carbocycles. The van der Waals surface area contributed by atoms with Gasteiger partial charge in [-0.05, 0) is 25.7 Å². The number of esters is 2. The molecule has 0 aromatic heterocycles. The van der Waals surface area contributed by atoms with Crippen molar-refractivity contribution in [3.63, 3.8) is 0 Å². The molecule has 0 aliphatic heterocycles. The van der Waals surface area contributed by atoms with Crippen LogP contribution in [0.2, 0.25) is 0 Å². The van der Waals surface area contributed by atoms with Crippen LogP contribution in [0.3, 0.4) is 0 Å². The molecule has 2 atom stereocenters. The second-order valence-corrected chi connectivity index (χ2v) is 11.7. The normalized spacial score (nSPS) is 12.8. The van der Waals surface area contributed by atoms with Crippen LogP contribution >= 0.6 is 0 Å². The Balaban J connectivity index is 3.98. The SMILES string of the molecule is CCCCCCCCCC/C=C/C(CC(=O)OCCOCCOC(=O)CC(/C=C/CCCCCCCCCC)C(=O)[O-])C(=O)[O-]. The Hall–Kier alpha value is -2.68. The summed E-state index contributed by atoms with van der Waals surface area (Å²) < 4.78 is 15.4. The molecule has 0 N–H and O–H groups in total. The Morgan fingerprint density at radius 1 is 0.511 bits per heavy atom. The van der Waals surface area contributed by atoms with Crippen LogP contribution in [0.5, 0.6) is 0 Å². The number of allylic oxidation sites excluding steroid dienone is 2. The van der Waals surface area contributed by atoms with Gasteiger partial charge in [-0.3, -0.25) is 9.59 Å². The predicted molar refractivity (Wildman–Crippen MR) is 172 cm³/mol. The maximum absolute atomic E-state index is 12.0. The van der Waals surface area contributed by atoms with Crippen molar-refractivity contribution in [2.45, 2.75) is 142 Å². The first-order chi connectivity index (χ1) is 21.8. The van der Waals surface area contributed by atoms with Gasteiger partial charge in [0, 0.05) is 23.8 Å². The Labute approximate surface area is 272 Å². The van der Waals surface area contributed by atoms with Gasteiger partial charge in [-0.2, -0.15) is 0 Å². The van der Waals surface area contributed by atoms with Gasteiger partial charge < -0.3 is 34.0 Å². The Morgan fingerprint density at radius 2 is 0.844 bits per heavy atom. The number of ether oxygens (including phenoxy) is 3. The van der Waals surface area contributed by atoms with Gasteiger partial charge in [0.2, 0.25) is 0 Å². The molecule has 9 heteroatoms. The summed E-state index contributed by atoms with van der Waals surface area (Å²) in [5, 5.41) is 22.8. The van der Waals surface area contributed by atoms with Gasteiger partial charge in [0.05, 0.1) is 26.1 Å². The zero-order valence-corrected chi connectivity index (χ0v) is 28.1. The minimum Gasteiger partial charge on any atom is -0.550 e. The first-order valence-electron chi connectivity index (χ1n) is 17.5. The molecule has 0 bridgehead atoms. The van der Waals surface area contributed by atoms with E-state index in [1.807, 2.05) is 0 Å². The second kappa shape index (κ2) is 31.3. The number of carboxylic acids is 2. The minimum atomic E-state index is -1.32. The van der Waals surface area contributed by atoms with Gasteiger partial charge in [0.1, 0.15) is 13.2 Å². The zero-order valence-electron chi connectivity index (χ0n) is 28.1. The van der Waals surface area contributed by atoms with Crippen molar-refractivity contribution < 1.29 is 43.6 Å². The Morgan fingerprint density at radius 3 is 1.18 bits per heavy atom. The minimum absolute atomic E-state index is 0.0384. The standard InChI is InChI=1S/C36H62O9/c1-3-5-7-9-11-13-15-17-19-21-23-31(35(39)40)29-33(37)44-27-25-43-26-28-45-34(38)30-32(36(41)42)24-22-20-18-16-14-12-10-8-6-4-2/h21-24,31-32H,3-20,25-30H2,1-2H3,(H,39,40)(H,41,42)/p-2/b23-21+,24-22+. The van der Waals surface area contributed by atoms with Crippen LogP contribution in [0, 0.1) is 11.8 Å². The maximum atomic E-state index is 12.0. The van der Waals surface area contributed by atoms with Gasteiger partial charge in [-0.15, -0.1) is 0 Å². The maximum Gasteiger partial charge on any atom is 0.306 e. The molecule has 260 valence electrons. The third kappa shape index (κ3) is 28.5. The monoisotopic (exact) mass is 636 g/mol. The summed E-state index contributed by atoms with van der Waals surface area (Å²) >= 11 is 0. The molecule has 0 fully saturated rings. The fourth-order valence-corrected chi connectivity index (χ4v) is 4.78. The van der Waals surface area contributed by atoms with Crippen molar-refractivity contribution in [1.29, 1.82) is 0 Å². The van der Waals surface area contributed by atoms with E-state index in [1.165, 1.54) is 89.2 Å². The summed E-state index contributed by atoms with van der Waals surface area (Å²) in [6.45, 7) is 4.32. The fraction of sp³-hybridized carbons (Fsp3) is 0.778. The van der Waals surface area contributed by atoms with Gasteiger partial charge in [-0.1, -0.05) is 128 Å². The van der Waals surface area contributed by atoms with E-state index in [0.29, 0.717) is 0 Å². The number of carboxylic acid groups (broad SMARTS) is 2. The highest BCUT2D eigenvalue weighted by atomic mass is 16.6. The number of carbonyl (C=O) groups excluding carboxylic acids is 4. The highest BCUT2D eigenvalue weighted by Crippen LogP contribution is 2.13. The molecule has 0 saturated heterocycles. The van der Waals surface area contributed by atoms with Crippen LogP contribution in [0.15, 0.2) is 24.3 Å². The third-order valence-corrected chi connectivity index (χ3v) is 7.55. The molecular weight excluding hydrogens is 576 g/mol. The van der Waals surface area contributed by atoms with Crippen LogP contribution < -0.4 is 10.2 Å². The van der Waals surface area contributed by atoms with Crippen molar-refractivity contribution in [2.24, 2.45) is 11.8 Å². The topological polar surface area (TPSA) is 142 Å². The van der Waals surface area contributed by atoms with Gasteiger partial charge in [-0.25, -0.2) is 0 Å². The van der Waals surface area contributed by atoms with E-state index < -0.39 is 35.7 Å². The molecule has 0 rings (SSSR count). The number of hydrogen-bond acceptors (Lipinski definition) is 9. The van der Waals surface area contributed by atoms with E-state index in [1.54, 1.807) is 12.2 Å². The molecule has 0 aliphatic rings. The van der Waals surface area contributed by atoms with Crippen molar-refractivity contribution in [2.75, 3.05) is 26.4 Å². The molecule has 0 spiro atoms. The van der Waals surface area contributed by atoms with Gasteiger partial charge in [0.15, 0.2) is 0 Å². The van der Waals surface area contributed by atoms with E-state index in [2.05, 4.69) is 13.8 Å². The first kappa shape index (κ1) is 42.3. The Kier molecular flexibility index (Phi) is 29.4. The lowest BCUT2D eigenvalue weighted by Crippen LogP contribution is -2.32. The largest absolute Gasteiger partial charge is 0.550 e. The summed E-state index contributed by atoms with van der Waals surface area (Å²) in [4.78, 5) is 46.8. The molecule has 0 aromatic carbocycles. The summed E-state index contributed by atoms with van der Waals surface area (Å²) in [7, 11) is 0. The molecule has 0 amide bonds. The van der Waals surface area contributed by atoms with E-state index in [9.17, 15) is 29.4 Å². The van der Waals surface area contributed by atoms with E-state index in [4.69, 9.17) is 14.2 Å². The van der Waals surface area contributed by atoms with Gasteiger partial charge in [0.25, 0.3) is 0 Å². The van der Waals surface area contributed by atoms with Crippen LogP contribution in [0.4, 0.5) is 0 Å². The lowest BCUT2D eigenvalue weighted by Gasteiger charge is -2.14. The fourth-order valence-electron chi connectivity index (χ4n) is 4.78. The smallest absolute Gasteiger partial charge is 0.306 e. The summed E-state index contributed by atoms with van der Waals surface area (Å²) in [6.07, 6.45) is 26.6. The Bertz CT molecular complexity index is 755. The second-order valence-electron chi connectivity index (χ2n) is 11.7. The molecule has 9 nitrogen and oxygen atoms in total. The molecule has 0 radical (unpaired) electrons. The van der Waals surface area contributed by atoms with Crippen molar-refractivity contribution in [3.8, 4) is 0 Å². The van der Waals surface area contributed by atoms with Crippen LogP contribution in [-0.4, -0.2) is 50.3 Å². The summed E-state index contributed by atoms with van der Waals surface area (Å²) in [5.74, 6) is -6.07. The van der Waals surface area contributed by atoms with Crippen molar-refractivity contribution in [3.05, 3.63) is 24.3 Å². The zero-order chi connectivity index (χ0) is 33.4. The molecular formula is C36H60O9-2. The number of aliphatic carboxylic acids is 2. The van der Waals surface area contributed by atoms with Gasteiger partial charge >= 0.3 is 11.9 Å². The number of hydrogen-bond donors (Lipinski definition) is 0. The third-order valence-electron chi connectivity index (χ3n) is 7.55. The average molecular weight is 637 g/mol. The van der Waals surface area contributed by atoms with Crippen molar-refractivity contribution >= 4 is 23.9 Å². The highest BCUT2D eigenvalue weighted by Gasteiger charge is 2.14. The summed E-state index contributed by atoms with van der Waals surface area (Å²) in [6, 6.07) is 0. The first-order valence-corrected chi connectivity index (χ1v) is 17.5. The lowest BCUT2D eigenvalue weighted by atomic mass is 10.0. The summed E-state index contributed by atoms with van der Waals surface area (Å²) in [5.41, 5.74) is 0. The van der Waals surface area contributed by atoms with E-state index in [-0.39, 0.29) is 39.3 Å². The number of rotatable bonds is 32. The average Bonchev–Trinajstić information content (AvgIpc) is 3.00. The molecule has 2 unspecified atom stereocenters. The lowest BCUT2D eigenvalue weighted by molar-refractivity contribution is -0.311. The highest BCUT2D eigenvalue weighted by molar-refractivity contribution is 5.79. The quantitative estimate of drug-likeness (QED) is 0.0510. The number of unbranched alkanes of at least 4 members (excludes halogenated alkanes) is 16. The van der Waals surface area contributed by atoms with E-state index >= 15 is 0 Å². The predicted octanol–water partition coefficient (Wildman–Crippen LogP) is 5.78. The van der Waals surface area contributed by atoms with E-state index in [0.717, 1.165) is 38.5 Å². The van der Waals surface area contributed by atoms with Crippen LogP contribution in [-0.2, 0) is 33.4 Å². The van der Waals surface area contributed by atoms with Crippen LogP contribution in [0.1, 0.15) is 142 Å².